The Kier molecular flexibility index (Phi) is 4.41. The van der Waals surface area contributed by atoms with Crippen molar-refractivity contribution < 1.29 is 4.74 Å². The van der Waals surface area contributed by atoms with Crippen molar-refractivity contribution in [3.8, 4) is 0 Å². The van der Waals surface area contributed by atoms with E-state index < -0.39 is 0 Å². The van der Waals surface area contributed by atoms with Crippen LogP contribution < -0.4 is 10.6 Å². The van der Waals surface area contributed by atoms with Gasteiger partial charge >= 0.3 is 0 Å². The first-order chi connectivity index (χ1) is 7.78. The van der Waals surface area contributed by atoms with Crippen LogP contribution in [0, 0.1) is 0 Å². The molecule has 2 aliphatic rings. The van der Waals surface area contributed by atoms with Crippen molar-refractivity contribution in [2.24, 2.45) is 0 Å². The average Bonchev–Trinajstić information content (AvgIpc) is 2.89. The zero-order chi connectivity index (χ0) is 11.4. The van der Waals surface area contributed by atoms with Gasteiger partial charge in [0, 0.05) is 19.2 Å². The van der Waals surface area contributed by atoms with Gasteiger partial charge in [-0.2, -0.15) is 0 Å². The van der Waals surface area contributed by atoms with Crippen molar-refractivity contribution in [1.82, 2.24) is 10.6 Å². The summed E-state index contributed by atoms with van der Waals surface area (Å²) in [4.78, 5) is 0. The van der Waals surface area contributed by atoms with Crippen molar-refractivity contribution >= 4 is 17.3 Å². The summed E-state index contributed by atoms with van der Waals surface area (Å²) in [6, 6.07) is 1.12. The summed E-state index contributed by atoms with van der Waals surface area (Å²) in [7, 11) is 1.79. The van der Waals surface area contributed by atoms with Gasteiger partial charge in [0.15, 0.2) is 5.11 Å². The molecular weight excluding hydrogens is 220 g/mol. The van der Waals surface area contributed by atoms with E-state index in [1.54, 1.807) is 7.11 Å². The fraction of sp³-hybridized carbons (Fsp3) is 0.917. The molecule has 0 amide bonds. The monoisotopic (exact) mass is 242 g/mol. The zero-order valence-electron chi connectivity index (χ0n) is 10.00. The highest BCUT2D eigenvalue weighted by Gasteiger charge is 2.25. The number of ether oxygens (including phenoxy) is 1. The lowest BCUT2D eigenvalue weighted by atomic mass is 10.2. The molecule has 2 unspecified atom stereocenters. The van der Waals surface area contributed by atoms with Crippen molar-refractivity contribution in [3.05, 3.63) is 0 Å². The lowest BCUT2D eigenvalue weighted by Crippen LogP contribution is -2.44. The van der Waals surface area contributed by atoms with Crippen LogP contribution >= 0.6 is 12.2 Å². The molecule has 2 atom stereocenters. The van der Waals surface area contributed by atoms with Crippen LogP contribution in [0.2, 0.25) is 0 Å². The van der Waals surface area contributed by atoms with Gasteiger partial charge < -0.3 is 15.4 Å². The molecule has 0 bridgehead atoms. The van der Waals surface area contributed by atoms with Crippen LogP contribution in [0.3, 0.4) is 0 Å². The number of nitrogens with one attached hydrogen (secondary N) is 2. The Morgan fingerprint density at radius 3 is 2.38 bits per heavy atom. The van der Waals surface area contributed by atoms with E-state index in [-0.39, 0.29) is 0 Å². The van der Waals surface area contributed by atoms with E-state index in [9.17, 15) is 0 Å². The second-order valence-electron chi connectivity index (χ2n) is 4.97. The largest absolute Gasteiger partial charge is 0.381 e. The summed E-state index contributed by atoms with van der Waals surface area (Å²) in [6.45, 7) is 0. The molecule has 0 spiro atoms. The smallest absolute Gasteiger partial charge is 0.166 e. The molecule has 3 nitrogen and oxygen atoms in total. The van der Waals surface area contributed by atoms with E-state index >= 15 is 0 Å². The molecule has 2 N–H and O–H groups in total. The molecule has 0 aromatic heterocycles. The lowest BCUT2D eigenvalue weighted by molar-refractivity contribution is 0.107. The second kappa shape index (κ2) is 5.82. The minimum Gasteiger partial charge on any atom is -0.381 e. The fourth-order valence-electron chi connectivity index (χ4n) is 2.77. The predicted molar refractivity (Wildman–Crippen MR) is 69.6 cm³/mol. The summed E-state index contributed by atoms with van der Waals surface area (Å²) in [5.41, 5.74) is 0. The molecule has 0 heterocycles. The van der Waals surface area contributed by atoms with Gasteiger partial charge in [-0.1, -0.05) is 12.8 Å². The van der Waals surface area contributed by atoms with Crippen LogP contribution in [-0.4, -0.2) is 30.4 Å². The van der Waals surface area contributed by atoms with Crippen LogP contribution in [0.15, 0.2) is 0 Å². The maximum atomic E-state index is 5.35. The minimum atomic E-state index is 0.423. The second-order valence-corrected chi connectivity index (χ2v) is 5.38. The molecule has 0 aromatic carbocycles. The fourth-order valence-corrected chi connectivity index (χ4v) is 3.10. The van der Waals surface area contributed by atoms with Crippen LogP contribution in [-0.2, 0) is 4.74 Å². The van der Waals surface area contributed by atoms with Crippen LogP contribution in [0.25, 0.3) is 0 Å². The van der Waals surface area contributed by atoms with E-state index in [1.165, 1.54) is 32.1 Å². The third-order valence-electron chi connectivity index (χ3n) is 3.74. The molecule has 2 saturated carbocycles. The Morgan fingerprint density at radius 1 is 1.06 bits per heavy atom. The third kappa shape index (κ3) is 3.32. The van der Waals surface area contributed by atoms with Gasteiger partial charge in [-0.05, 0) is 44.3 Å². The number of thiocarbonyl (C=S) groups is 1. The molecule has 0 aromatic rings. The topological polar surface area (TPSA) is 33.3 Å². The van der Waals surface area contributed by atoms with Gasteiger partial charge in [-0.15, -0.1) is 0 Å². The standard InChI is InChI=1S/C12H22N2OS/c1-15-11-7-6-10(8-11)14-12(16)13-9-4-2-3-5-9/h9-11H,2-8H2,1H3,(H2,13,14,16). The molecule has 2 aliphatic carbocycles. The molecule has 4 heteroatoms. The molecule has 0 saturated heterocycles. The summed E-state index contributed by atoms with van der Waals surface area (Å²) < 4.78 is 5.35. The first-order valence-corrected chi connectivity index (χ1v) is 6.78. The Bertz CT molecular complexity index is 241. The van der Waals surface area contributed by atoms with Crippen LogP contribution in [0.4, 0.5) is 0 Å². The van der Waals surface area contributed by atoms with Crippen LogP contribution in [0.1, 0.15) is 44.9 Å². The zero-order valence-corrected chi connectivity index (χ0v) is 10.8. The number of rotatable bonds is 3. The Morgan fingerprint density at radius 2 is 1.75 bits per heavy atom. The maximum absolute atomic E-state index is 5.35. The average molecular weight is 242 g/mol. The van der Waals surface area contributed by atoms with Crippen molar-refractivity contribution in [1.29, 1.82) is 0 Å². The number of methoxy groups -OCH3 is 1. The van der Waals surface area contributed by atoms with Gasteiger partial charge in [0.25, 0.3) is 0 Å². The molecule has 92 valence electrons. The first kappa shape index (κ1) is 12.1. The van der Waals surface area contributed by atoms with Gasteiger partial charge in [0.1, 0.15) is 0 Å². The molecule has 0 radical (unpaired) electrons. The van der Waals surface area contributed by atoms with Crippen molar-refractivity contribution in [2.75, 3.05) is 7.11 Å². The highest BCUT2D eigenvalue weighted by molar-refractivity contribution is 7.80. The molecular formula is C12H22N2OS. The predicted octanol–water partition coefficient (Wildman–Crippen LogP) is 1.96. The van der Waals surface area contributed by atoms with Crippen molar-refractivity contribution in [2.45, 2.75) is 63.1 Å². The summed E-state index contributed by atoms with van der Waals surface area (Å²) in [5.74, 6) is 0. The Balaban J connectivity index is 1.67. The summed E-state index contributed by atoms with van der Waals surface area (Å²) in [6.07, 6.45) is 9.06. The number of hydrogen-bond acceptors (Lipinski definition) is 2. The molecule has 16 heavy (non-hydrogen) atoms. The number of hydrogen-bond donors (Lipinski definition) is 2. The lowest BCUT2D eigenvalue weighted by Gasteiger charge is -2.19. The Labute approximate surface area is 103 Å². The van der Waals surface area contributed by atoms with Gasteiger partial charge in [-0.25, -0.2) is 0 Å². The summed E-state index contributed by atoms with van der Waals surface area (Å²) in [5, 5.41) is 7.67. The van der Waals surface area contributed by atoms with Crippen LogP contribution in [0.5, 0.6) is 0 Å². The van der Waals surface area contributed by atoms with E-state index in [4.69, 9.17) is 17.0 Å². The summed E-state index contributed by atoms with van der Waals surface area (Å²) >= 11 is 5.34. The molecule has 2 fully saturated rings. The minimum absolute atomic E-state index is 0.423. The SMILES string of the molecule is COC1CCC(NC(=S)NC2CCCC2)C1. The van der Waals surface area contributed by atoms with Gasteiger partial charge in [0.2, 0.25) is 0 Å². The van der Waals surface area contributed by atoms with Gasteiger partial charge in [0.05, 0.1) is 6.10 Å². The van der Waals surface area contributed by atoms with Crippen molar-refractivity contribution in [3.63, 3.8) is 0 Å². The highest BCUT2D eigenvalue weighted by atomic mass is 32.1. The maximum Gasteiger partial charge on any atom is 0.166 e. The van der Waals surface area contributed by atoms with Gasteiger partial charge in [-0.3, -0.25) is 0 Å². The first-order valence-electron chi connectivity index (χ1n) is 6.37. The third-order valence-corrected chi connectivity index (χ3v) is 3.98. The molecule has 0 aliphatic heterocycles. The van der Waals surface area contributed by atoms with E-state index in [2.05, 4.69) is 10.6 Å². The Hall–Kier alpha value is -0.350. The van der Waals surface area contributed by atoms with E-state index in [1.807, 2.05) is 0 Å². The normalized spacial score (nSPS) is 30.6. The molecule has 2 rings (SSSR count). The van der Waals surface area contributed by atoms with E-state index in [0.717, 1.165) is 18.0 Å². The highest BCUT2D eigenvalue weighted by Crippen LogP contribution is 2.21. The van der Waals surface area contributed by atoms with E-state index in [0.29, 0.717) is 18.2 Å². The quantitative estimate of drug-likeness (QED) is 0.741.